The number of nitrogens with one attached hydrogen (secondary N) is 3. The Balaban J connectivity index is 1.27. The summed E-state index contributed by atoms with van der Waals surface area (Å²) in [6.45, 7) is 6.88. The molecule has 0 radical (unpaired) electrons. The average Bonchev–Trinajstić information content (AvgIpc) is 3.72. The molecule has 3 aliphatic rings. The number of nitrogens with zero attached hydrogens (tertiary/aromatic N) is 4. The number of sulfonamides is 1. The summed E-state index contributed by atoms with van der Waals surface area (Å²) in [5, 5.41) is 12.7. The van der Waals surface area contributed by atoms with Gasteiger partial charge in [0.25, 0.3) is 11.8 Å². The van der Waals surface area contributed by atoms with E-state index in [1.807, 2.05) is 6.07 Å². The fourth-order valence-corrected chi connectivity index (χ4v) is 7.82. The molecule has 0 bridgehead atoms. The number of likely N-dealkylation sites (N-methyl/N-ethyl adjacent to an activating group) is 1. The molecule has 15 heteroatoms. The number of benzene rings is 2. The molecule has 0 spiro atoms. The predicted octanol–water partition coefficient (Wildman–Crippen LogP) is 3.25. The molecule has 2 amide bonds. The lowest BCUT2D eigenvalue weighted by Crippen LogP contribution is -2.44. The van der Waals surface area contributed by atoms with Crippen molar-refractivity contribution < 1.29 is 31.5 Å². The number of fused-ring (bicyclic) bond motifs is 1. The Bertz CT molecular complexity index is 1730. The molecule has 1 aromatic heterocycles. The summed E-state index contributed by atoms with van der Waals surface area (Å²) in [6.07, 6.45) is 0.751. The van der Waals surface area contributed by atoms with Crippen LogP contribution in [0.2, 0.25) is 0 Å². The second-order valence-electron chi connectivity index (χ2n) is 12.1. The van der Waals surface area contributed by atoms with Crippen LogP contribution in [0.4, 0.5) is 26.0 Å². The number of carbonyl (C=O) groups excluding carboxylic acids is 2. The quantitative estimate of drug-likeness (QED) is 0.357. The van der Waals surface area contributed by atoms with Crippen LogP contribution in [0.3, 0.4) is 0 Å². The van der Waals surface area contributed by atoms with Gasteiger partial charge in [-0.3, -0.25) is 14.7 Å². The molecule has 0 aliphatic carbocycles. The zero-order valence-electron chi connectivity index (χ0n) is 25.2. The molecule has 240 valence electrons. The van der Waals surface area contributed by atoms with Crippen LogP contribution in [0, 0.1) is 11.6 Å². The maximum absolute atomic E-state index is 13.9. The maximum Gasteiger partial charge on any atom is 0.258 e. The van der Waals surface area contributed by atoms with Gasteiger partial charge in [0.1, 0.15) is 17.7 Å². The second-order valence-corrected chi connectivity index (χ2v) is 13.9. The molecule has 2 saturated heterocycles. The van der Waals surface area contributed by atoms with Crippen LogP contribution in [0.5, 0.6) is 0 Å². The van der Waals surface area contributed by atoms with Crippen molar-refractivity contribution in [3.8, 4) is 0 Å². The first-order valence-corrected chi connectivity index (χ1v) is 16.2. The number of rotatable bonds is 7. The van der Waals surface area contributed by atoms with Crippen LogP contribution in [0.25, 0.3) is 0 Å². The van der Waals surface area contributed by atoms with Gasteiger partial charge in [-0.2, -0.15) is 9.40 Å². The third-order valence-electron chi connectivity index (χ3n) is 8.66. The van der Waals surface area contributed by atoms with Crippen LogP contribution in [-0.2, 0) is 31.6 Å². The minimum Gasteiger partial charge on any atom is -0.369 e. The fraction of sp³-hybridized carbons (Fsp3) is 0.433. The Morgan fingerprint density at radius 3 is 2.42 bits per heavy atom. The van der Waals surface area contributed by atoms with Crippen molar-refractivity contribution in [2.75, 3.05) is 55.4 Å². The zero-order chi connectivity index (χ0) is 32.1. The molecule has 3 aromatic rings. The summed E-state index contributed by atoms with van der Waals surface area (Å²) < 4.78 is 61.6. The smallest absolute Gasteiger partial charge is 0.258 e. The van der Waals surface area contributed by atoms with Crippen LogP contribution in [0.15, 0.2) is 41.3 Å². The Morgan fingerprint density at radius 2 is 1.76 bits per heavy atom. The molecule has 1 atom stereocenters. The molecule has 4 heterocycles. The van der Waals surface area contributed by atoms with Crippen molar-refractivity contribution in [1.82, 2.24) is 19.4 Å². The summed E-state index contributed by atoms with van der Waals surface area (Å²) in [4.78, 5) is 30.6. The standard InChI is InChI=1S/C30H35F2N7O5S/c1-30(2)26-23(17-39(30)45(42,43)21-14-18(31)13-19(32)15-21)27(36-35-26)34-28(40)22-7-6-20(38-10-8-37(3)9-11-38)16-24(22)33-29(41)25-5-4-12-44-25/h6-7,13-16,25H,4-5,8-12,17H2,1-3H3,(H,33,41)(H2,34,35,36,40)/t25-/m0/s1. The van der Waals surface area contributed by atoms with E-state index in [2.05, 4.69) is 37.7 Å². The molecule has 3 N–H and O–H groups in total. The van der Waals surface area contributed by atoms with Crippen LogP contribution in [-0.4, -0.2) is 85.6 Å². The Labute approximate surface area is 259 Å². The predicted molar refractivity (Wildman–Crippen MR) is 162 cm³/mol. The average molecular weight is 644 g/mol. The van der Waals surface area contributed by atoms with Gasteiger partial charge in [0, 0.05) is 56.6 Å². The van der Waals surface area contributed by atoms with Gasteiger partial charge < -0.3 is 25.2 Å². The van der Waals surface area contributed by atoms with E-state index in [0.29, 0.717) is 36.0 Å². The number of amides is 2. The van der Waals surface area contributed by atoms with E-state index in [1.54, 1.807) is 26.0 Å². The highest BCUT2D eigenvalue weighted by Gasteiger charge is 2.48. The molecular weight excluding hydrogens is 608 g/mol. The Morgan fingerprint density at radius 1 is 1.04 bits per heavy atom. The molecular formula is C30H35F2N7O5S. The third-order valence-corrected chi connectivity index (χ3v) is 10.7. The van der Waals surface area contributed by atoms with E-state index in [4.69, 9.17) is 4.74 Å². The number of piperazine rings is 1. The van der Waals surface area contributed by atoms with E-state index in [1.165, 1.54) is 0 Å². The summed E-state index contributed by atoms with van der Waals surface area (Å²) in [5.41, 5.74) is 1.02. The number of aromatic nitrogens is 2. The number of carbonyl (C=O) groups is 2. The lowest BCUT2D eigenvalue weighted by Gasteiger charge is -2.34. The van der Waals surface area contributed by atoms with Crippen LogP contribution in [0.1, 0.15) is 48.3 Å². The number of hydrogen-bond acceptors (Lipinski definition) is 8. The number of hydrogen-bond donors (Lipinski definition) is 3. The highest BCUT2D eigenvalue weighted by atomic mass is 32.2. The number of aromatic amines is 1. The Hall–Kier alpha value is -3.92. The summed E-state index contributed by atoms with van der Waals surface area (Å²) in [7, 11) is -2.29. The fourth-order valence-electron chi connectivity index (χ4n) is 6.05. The highest BCUT2D eigenvalue weighted by Crippen LogP contribution is 2.44. The second kappa shape index (κ2) is 11.8. The number of H-pyrrole nitrogens is 1. The van der Waals surface area contributed by atoms with Crippen molar-refractivity contribution in [2.24, 2.45) is 0 Å². The minimum atomic E-state index is -4.35. The van der Waals surface area contributed by atoms with Crippen molar-refractivity contribution in [3.05, 3.63) is 64.9 Å². The first-order valence-electron chi connectivity index (χ1n) is 14.7. The third kappa shape index (κ3) is 5.92. The topological polar surface area (TPSA) is 140 Å². The monoisotopic (exact) mass is 643 g/mol. The van der Waals surface area contributed by atoms with E-state index in [0.717, 1.165) is 54.7 Å². The van der Waals surface area contributed by atoms with Crippen molar-refractivity contribution in [3.63, 3.8) is 0 Å². The van der Waals surface area contributed by atoms with E-state index < -0.39 is 44.1 Å². The van der Waals surface area contributed by atoms with Gasteiger partial charge in [0.15, 0.2) is 5.82 Å². The summed E-state index contributed by atoms with van der Waals surface area (Å²) in [6, 6.07) is 7.37. The SMILES string of the molecule is CN1CCN(c2ccc(C(=O)Nc3n[nH]c4c3CN(S(=O)(=O)c3cc(F)cc(F)c3)C4(C)C)c(NC(=O)[C@@H]3CCCO3)c2)CC1. The zero-order valence-corrected chi connectivity index (χ0v) is 26.0. The lowest BCUT2D eigenvalue weighted by atomic mass is 10.0. The first kappa shape index (κ1) is 31.1. The van der Waals surface area contributed by atoms with Crippen LogP contribution >= 0.6 is 0 Å². The first-order chi connectivity index (χ1) is 21.3. The number of ether oxygens (including phenoxy) is 1. The van der Waals surface area contributed by atoms with Gasteiger partial charge in [-0.25, -0.2) is 17.2 Å². The van der Waals surface area contributed by atoms with Gasteiger partial charge in [-0.15, -0.1) is 0 Å². The number of halogens is 2. The van der Waals surface area contributed by atoms with Crippen molar-refractivity contribution in [2.45, 2.75) is 49.8 Å². The van der Waals surface area contributed by atoms with Gasteiger partial charge in [0.05, 0.1) is 27.4 Å². The molecule has 2 fully saturated rings. The summed E-state index contributed by atoms with van der Waals surface area (Å²) in [5.74, 6) is -2.83. The molecule has 6 rings (SSSR count). The molecule has 0 saturated carbocycles. The molecule has 3 aliphatic heterocycles. The number of anilines is 3. The molecule has 45 heavy (non-hydrogen) atoms. The normalized spacial score (nSPS) is 20.3. The maximum atomic E-state index is 13.9. The molecule has 0 unspecified atom stereocenters. The Kier molecular flexibility index (Phi) is 8.14. The molecule has 2 aromatic carbocycles. The highest BCUT2D eigenvalue weighted by molar-refractivity contribution is 7.89. The van der Waals surface area contributed by atoms with Gasteiger partial charge in [-0.05, 0) is 64.1 Å². The van der Waals surface area contributed by atoms with E-state index in [-0.39, 0.29) is 23.8 Å². The minimum absolute atomic E-state index is 0.103. The van der Waals surface area contributed by atoms with Gasteiger partial charge >= 0.3 is 0 Å². The van der Waals surface area contributed by atoms with E-state index >= 15 is 0 Å². The van der Waals surface area contributed by atoms with Crippen molar-refractivity contribution >= 4 is 39.0 Å². The van der Waals surface area contributed by atoms with Crippen molar-refractivity contribution in [1.29, 1.82) is 0 Å². The summed E-state index contributed by atoms with van der Waals surface area (Å²) >= 11 is 0. The van der Waals surface area contributed by atoms with Crippen LogP contribution < -0.4 is 15.5 Å². The van der Waals surface area contributed by atoms with E-state index in [9.17, 15) is 26.8 Å². The lowest BCUT2D eigenvalue weighted by molar-refractivity contribution is -0.124. The largest absolute Gasteiger partial charge is 0.369 e. The molecule has 12 nitrogen and oxygen atoms in total. The van der Waals surface area contributed by atoms with Gasteiger partial charge in [-0.1, -0.05) is 0 Å². The van der Waals surface area contributed by atoms with Gasteiger partial charge in [0.2, 0.25) is 10.0 Å².